The molecule has 1 fully saturated rings. The molecule has 3 N–H and O–H groups in total. The van der Waals surface area contributed by atoms with E-state index in [2.05, 4.69) is 21.6 Å². The van der Waals surface area contributed by atoms with Gasteiger partial charge in [0, 0.05) is 11.6 Å². The number of nitrogen functional groups attached to an aromatic ring is 1. The number of nitrogens with two attached hydrogens (primary N) is 1. The van der Waals surface area contributed by atoms with Gasteiger partial charge in [-0.3, -0.25) is 9.59 Å². The van der Waals surface area contributed by atoms with Crippen molar-refractivity contribution in [3.05, 3.63) is 101 Å². The lowest BCUT2D eigenvalue weighted by Gasteiger charge is -2.14. The normalized spacial score (nSPS) is 15.8. The van der Waals surface area contributed by atoms with E-state index in [-0.39, 0.29) is 32.4 Å². The Morgan fingerprint density at radius 1 is 1.02 bits per heavy atom. The molecular weight excluding hydrogens is 654 g/mol. The molecular formula is C32H27F4N7O4S. The number of carbonyl (C=O) groups is 2. The number of ketones is 1. The van der Waals surface area contributed by atoms with E-state index in [1.165, 1.54) is 23.0 Å². The Hall–Kier alpha value is -5.51. The third-order valence-electron chi connectivity index (χ3n) is 7.92. The predicted molar refractivity (Wildman–Crippen MR) is 170 cm³/mol. The summed E-state index contributed by atoms with van der Waals surface area (Å²) in [4.78, 5) is 34.4. The number of carbonyl (C=O) groups excluding carboxylic acids is 2. The van der Waals surface area contributed by atoms with E-state index in [0.29, 0.717) is 22.5 Å². The number of likely N-dealkylation sites (tertiary alicyclic amines) is 1. The summed E-state index contributed by atoms with van der Waals surface area (Å²) in [6, 6.07) is 12.1. The Labute approximate surface area is 271 Å². The lowest BCUT2D eigenvalue weighted by molar-refractivity contribution is -0.172. The quantitative estimate of drug-likeness (QED) is 0.133. The number of nitrogens with zero attached hydrogens (tertiary/aromatic N) is 5. The fourth-order valence-electron chi connectivity index (χ4n) is 5.42. The Kier molecular flexibility index (Phi) is 7.65. The zero-order valence-electron chi connectivity index (χ0n) is 25.4. The van der Waals surface area contributed by atoms with Crippen LogP contribution in [0.1, 0.15) is 38.7 Å². The van der Waals surface area contributed by atoms with Gasteiger partial charge in [0.15, 0.2) is 0 Å². The van der Waals surface area contributed by atoms with Crippen LogP contribution < -0.4 is 5.73 Å². The Bertz CT molecular complexity index is 2250. The van der Waals surface area contributed by atoms with Crippen molar-refractivity contribution in [3.63, 3.8) is 0 Å². The summed E-state index contributed by atoms with van der Waals surface area (Å²) in [6.07, 6.45) is 4.09. The number of hydrogen-bond donors (Lipinski definition) is 2. The van der Waals surface area contributed by atoms with Crippen LogP contribution in [0.3, 0.4) is 0 Å². The summed E-state index contributed by atoms with van der Waals surface area (Å²) in [7, 11) is -4.51. The van der Waals surface area contributed by atoms with Gasteiger partial charge in [-0.05, 0) is 62.4 Å². The van der Waals surface area contributed by atoms with Crippen molar-refractivity contribution < 1.29 is 35.6 Å². The monoisotopic (exact) mass is 681 g/mol. The van der Waals surface area contributed by atoms with Crippen molar-refractivity contribution in [3.8, 4) is 5.69 Å². The number of benzene rings is 2. The number of hydrogen-bond acceptors (Lipinski definition) is 7. The van der Waals surface area contributed by atoms with Crippen LogP contribution in [0.4, 0.5) is 23.4 Å². The summed E-state index contributed by atoms with van der Waals surface area (Å²) in [5.74, 6) is -10.3. The number of aromatic amines is 1. The van der Waals surface area contributed by atoms with Crippen molar-refractivity contribution in [1.29, 1.82) is 0 Å². The number of rotatable bonds is 8. The molecule has 0 spiro atoms. The molecule has 0 aliphatic carbocycles. The molecule has 0 unspecified atom stereocenters. The number of anilines is 1. The Morgan fingerprint density at radius 3 is 2.33 bits per heavy atom. The zero-order chi connectivity index (χ0) is 34.8. The second-order valence-electron chi connectivity index (χ2n) is 11.3. The minimum Gasteiger partial charge on any atom is -0.383 e. The highest BCUT2D eigenvalue weighted by atomic mass is 32.2. The van der Waals surface area contributed by atoms with E-state index in [1.54, 1.807) is 44.2 Å². The highest BCUT2D eigenvalue weighted by Gasteiger charge is 2.63. The van der Waals surface area contributed by atoms with Gasteiger partial charge in [0.1, 0.15) is 17.3 Å². The molecule has 11 nitrogen and oxygen atoms in total. The minimum atomic E-state index is -4.51. The molecule has 6 rings (SSSR count). The van der Waals surface area contributed by atoms with Crippen LogP contribution in [0.5, 0.6) is 0 Å². The number of aryl methyl sites for hydroxylation is 2. The zero-order valence-corrected chi connectivity index (χ0v) is 26.2. The first-order chi connectivity index (χ1) is 22.5. The maximum absolute atomic E-state index is 14.1. The van der Waals surface area contributed by atoms with Gasteiger partial charge < -0.3 is 15.6 Å². The van der Waals surface area contributed by atoms with Crippen LogP contribution in [0, 0.1) is 13.8 Å². The number of alkyl halides is 4. The van der Waals surface area contributed by atoms with Crippen LogP contribution in [-0.4, -0.2) is 73.7 Å². The van der Waals surface area contributed by atoms with Crippen LogP contribution in [0.15, 0.2) is 72.3 Å². The van der Waals surface area contributed by atoms with Crippen LogP contribution >= 0.6 is 0 Å². The third-order valence-corrected chi connectivity index (χ3v) is 9.66. The van der Waals surface area contributed by atoms with E-state index < -0.39 is 52.3 Å². The summed E-state index contributed by atoms with van der Waals surface area (Å²) in [5.41, 5.74) is 8.25. The highest BCUT2D eigenvalue weighted by molar-refractivity contribution is 7.90. The molecule has 1 aliphatic heterocycles. The smallest absolute Gasteiger partial charge is 0.329 e. The topological polar surface area (TPSA) is 149 Å². The van der Waals surface area contributed by atoms with Gasteiger partial charge in [0.05, 0.1) is 52.2 Å². The Balaban J connectivity index is 1.44. The first-order valence-electron chi connectivity index (χ1n) is 14.3. The number of amides is 1. The van der Waals surface area contributed by atoms with Crippen LogP contribution in [0.25, 0.3) is 28.9 Å². The lowest BCUT2D eigenvalue weighted by atomic mass is 10.1. The van der Waals surface area contributed by atoms with Crippen molar-refractivity contribution in [2.75, 3.05) is 18.8 Å². The molecule has 3 aromatic heterocycles. The van der Waals surface area contributed by atoms with Crippen molar-refractivity contribution in [2.24, 2.45) is 0 Å². The second-order valence-corrected chi connectivity index (χ2v) is 13.1. The molecule has 2 aromatic carbocycles. The molecule has 16 heteroatoms. The first kappa shape index (κ1) is 32.4. The summed E-state index contributed by atoms with van der Waals surface area (Å²) < 4.78 is 85.1. The van der Waals surface area contributed by atoms with Crippen molar-refractivity contribution in [1.82, 2.24) is 28.6 Å². The number of aromatic nitrogens is 5. The lowest BCUT2D eigenvalue weighted by Crippen LogP contribution is -2.38. The van der Waals surface area contributed by atoms with Crippen LogP contribution in [0.2, 0.25) is 0 Å². The Morgan fingerprint density at radius 2 is 1.69 bits per heavy atom. The predicted octanol–water partition coefficient (Wildman–Crippen LogP) is 4.99. The molecule has 248 valence electrons. The van der Waals surface area contributed by atoms with E-state index in [1.807, 2.05) is 0 Å². The second kappa shape index (κ2) is 11.3. The largest absolute Gasteiger partial charge is 0.383 e. The number of H-pyrrole nitrogens is 1. The molecule has 48 heavy (non-hydrogen) atoms. The van der Waals surface area contributed by atoms with Gasteiger partial charge in [-0.25, -0.2) is 22.1 Å². The SMILES string of the molecule is C=Cc1c(C=CC(=O)N2CC(F)(F)C(F)(F)C2)cc(C(=O)c2cnn(-c3ccc4nc(C)[nH]c4c3)c2N)n1S(=O)(=O)c1ccc(C)cc1. The average molecular weight is 682 g/mol. The highest BCUT2D eigenvalue weighted by Crippen LogP contribution is 2.41. The summed E-state index contributed by atoms with van der Waals surface area (Å²) >= 11 is 0. The van der Waals surface area contributed by atoms with Gasteiger partial charge in [0.25, 0.3) is 10.0 Å². The van der Waals surface area contributed by atoms with Crippen LogP contribution in [-0.2, 0) is 14.8 Å². The fourth-order valence-corrected chi connectivity index (χ4v) is 6.94. The van der Waals surface area contributed by atoms with Crippen molar-refractivity contribution >= 4 is 50.7 Å². The molecule has 0 radical (unpaired) electrons. The van der Waals surface area contributed by atoms with E-state index in [4.69, 9.17) is 5.73 Å². The van der Waals surface area contributed by atoms with Gasteiger partial charge in [-0.2, -0.15) is 22.7 Å². The molecule has 1 aliphatic rings. The molecule has 5 aromatic rings. The van der Waals surface area contributed by atoms with Gasteiger partial charge >= 0.3 is 11.8 Å². The fraction of sp³-hybridized carbons (Fsp3) is 0.188. The molecule has 1 amide bonds. The third kappa shape index (κ3) is 5.36. The van der Waals surface area contributed by atoms with E-state index >= 15 is 0 Å². The van der Waals surface area contributed by atoms with E-state index in [0.717, 1.165) is 33.8 Å². The van der Waals surface area contributed by atoms with Gasteiger partial charge in [0.2, 0.25) is 11.7 Å². The maximum atomic E-state index is 14.1. The summed E-state index contributed by atoms with van der Waals surface area (Å²) in [5, 5.41) is 4.25. The van der Waals surface area contributed by atoms with Gasteiger partial charge in [-0.15, -0.1) is 0 Å². The molecule has 1 saturated heterocycles. The standard InChI is InChI=1S/C32H27F4N7O4S/c1-4-26-20(7-12-28(44)41-16-31(33,34)32(35,36)17-41)13-27(43(26)48(46,47)22-9-5-18(2)6-10-22)29(45)23-15-38-42(30(23)37)21-8-11-24-25(14-21)40-19(3)39-24/h4-15H,1,16-17,37H2,2-3H3,(H,39,40). The summed E-state index contributed by atoms with van der Waals surface area (Å²) in [6.45, 7) is 4.22. The molecule has 4 heterocycles. The number of fused-ring (bicyclic) bond motifs is 1. The molecule has 0 saturated carbocycles. The first-order valence-corrected chi connectivity index (χ1v) is 15.8. The number of halogens is 4. The number of nitrogens with one attached hydrogen (secondary N) is 1. The van der Waals surface area contributed by atoms with Crippen molar-refractivity contribution in [2.45, 2.75) is 30.6 Å². The minimum absolute atomic E-state index is 0.0406. The van der Waals surface area contributed by atoms with E-state index in [9.17, 15) is 35.6 Å². The molecule has 0 bridgehead atoms. The average Bonchev–Trinajstić information content (AvgIpc) is 3.76. The number of imidazole rings is 1. The maximum Gasteiger partial charge on any atom is 0.329 e. The molecule has 0 atom stereocenters. The van der Waals surface area contributed by atoms with Gasteiger partial charge in [-0.1, -0.05) is 24.3 Å².